The van der Waals surface area contributed by atoms with Crippen LogP contribution >= 0.6 is 11.3 Å². The summed E-state index contributed by atoms with van der Waals surface area (Å²) in [5.41, 5.74) is 1.62. The standard InChI is InChI=1S/C17H18N4O3S/c18-9-13-12-5-2-1-3-6-14(12)25-17(13)20-15(22)11-24-16(23)10-21-8-4-7-19-21/h4,7-8H,1-3,5-6,10-11H2,(H,20,22). The minimum absolute atomic E-state index is 0.0446. The van der Waals surface area contributed by atoms with Gasteiger partial charge in [0.25, 0.3) is 5.91 Å². The maximum Gasteiger partial charge on any atom is 0.328 e. The number of esters is 1. The number of thiophene rings is 1. The van der Waals surface area contributed by atoms with E-state index in [4.69, 9.17) is 4.74 Å². The van der Waals surface area contributed by atoms with Gasteiger partial charge in [-0.3, -0.25) is 14.3 Å². The van der Waals surface area contributed by atoms with Gasteiger partial charge < -0.3 is 10.1 Å². The first-order valence-corrected chi connectivity index (χ1v) is 8.96. The third-order valence-electron chi connectivity index (χ3n) is 4.00. The number of hydrogen-bond donors (Lipinski definition) is 1. The summed E-state index contributed by atoms with van der Waals surface area (Å²) in [6, 6.07) is 3.91. The Hall–Kier alpha value is -2.66. The van der Waals surface area contributed by atoms with Crippen LogP contribution in [-0.4, -0.2) is 28.3 Å². The van der Waals surface area contributed by atoms with Crippen LogP contribution in [0.4, 0.5) is 5.00 Å². The first-order valence-electron chi connectivity index (χ1n) is 8.15. The van der Waals surface area contributed by atoms with E-state index < -0.39 is 11.9 Å². The summed E-state index contributed by atoms with van der Waals surface area (Å²) in [6.45, 7) is -0.426. The van der Waals surface area contributed by atoms with E-state index in [-0.39, 0.29) is 13.2 Å². The molecule has 0 saturated carbocycles. The van der Waals surface area contributed by atoms with Crippen LogP contribution in [-0.2, 0) is 33.7 Å². The molecule has 2 aromatic heterocycles. The zero-order valence-corrected chi connectivity index (χ0v) is 14.5. The zero-order valence-electron chi connectivity index (χ0n) is 13.7. The summed E-state index contributed by atoms with van der Waals surface area (Å²) < 4.78 is 6.38. The largest absolute Gasteiger partial charge is 0.454 e. The van der Waals surface area contributed by atoms with Crippen molar-refractivity contribution in [2.75, 3.05) is 11.9 Å². The number of nitrogens with one attached hydrogen (secondary N) is 1. The van der Waals surface area contributed by atoms with Gasteiger partial charge in [0.15, 0.2) is 6.61 Å². The fraction of sp³-hybridized carbons (Fsp3) is 0.412. The minimum atomic E-state index is -0.540. The molecule has 0 aliphatic heterocycles. The molecule has 0 aromatic carbocycles. The number of carbonyl (C=O) groups excluding carboxylic acids is 2. The molecule has 0 radical (unpaired) electrons. The summed E-state index contributed by atoms with van der Waals surface area (Å²) in [5, 5.41) is 16.6. The maximum absolute atomic E-state index is 12.1. The fourth-order valence-electron chi connectivity index (χ4n) is 2.83. The van der Waals surface area contributed by atoms with Crippen molar-refractivity contribution in [2.45, 2.75) is 38.6 Å². The van der Waals surface area contributed by atoms with Gasteiger partial charge in [-0.15, -0.1) is 11.3 Å². The molecule has 0 saturated heterocycles. The number of fused-ring (bicyclic) bond motifs is 1. The Bertz CT molecular complexity index is 805. The van der Waals surface area contributed by atoms with Gasteiger partial charge in [-0.05, 0) is 37.3 Å². The molecule has 1 aliphatic rings. The number of aryl methyl sites for hydroxylation is 1. The number of nitrogens with zero attached hydrogens (tertiary/aromatic N) is 3. The van der Waals surface area contributed by atoms with E-state index in [1.807, 2.05) is 0 Å². The highest BCUT2D eigenvalue weighted by molar-refractivity contribution is 7.16. The number of carbonyl (C=O) groups is 2. The molecule has 130 valence electrons. The average molecular weight is 358 g/mol. The molecule has 7 nitrogen and oxygen atoms in total. The molecule has 2 aromatic rings. The van der Waals surface area contributed by atoms with Crippen LogP contribution in [0.2, 0.25) is 0 Å². The second-order valence-corrected chi connectivity index (χ2v) is 6.90. The van der Waals surface area contributed by atoms with Crippen LogP contribution in [0.15, 0.2) is 18.5 Å². The van der Waals surface area contributed by atoms with E-state index in [1.54, 1.807) is 18.5 Å². The predicted octanol–water partition coefficient (Wildman–Crippen LogP) is 2.27. The van der Waals surface area contributed by atoms with E-state index in [0.29, 0.717) is 10.6 Å². The summed E-state index contributed by atoms with van der Waals surface area (Å²) in [4.78, 5) is 24.9. The lowest BCUT2D eigenvalue weighted by molar-refractivity contribution is -0.148. The fourth-order valence-corrected chi connectivity index (χ4v) is 4.09. The first-order chi connectivity index (χ1) is 12.2. The van der Waals surface area contributed by atoms with Crippen molar-refractivity contribution < 1.29 is 14.3 Å². The molecule has 0 spiro atoms. The highest BCUT2D eigenvalue weighted by Gasteiger charge is 2.21. The van der Waals surface area contributed by atoms with Gasteiger partial charge >= 0.3 is 5.97 Å². The molecule has 1 aliphatic carbocycles. The molecule has 25 heavy (non-hydrogen) atoms. The lowest BCUT2D eigenvalue weighted by Gasteiger charge is -2.06. The van der Waals surface area contributed by atoms with Crippen molar-refractivity contribution in [3.05, 3.63) is 34.5 Å². The second-order valence-electron chi connectivity index (χ2n) is 5.79. The van der Waals surface area contributed by atoms with Gasteiger partial charge in [0, 0.05) is 17.3 Å². The molecular formula is C17H18N4O3S. The van der Waals surface area contributed by atoms with E-state index in [1.165, 1.54) is 27.3 Å². The second kappa shape index (κ2) is 7.94. The summed E-state index contributed by atoms with van der Waals surface area (Å²) in [7, 11) is 0. The monoisotopic (exact) mass is 358 g/mol. The Morgan fingerprint density at radius 2 is 2.20 bits per heavy atom. The Balaban J connectivity index is 1.58. The maximum atomic E-state index is 12.1. The van der Waals surface area contributed by atoms with Crippen LogP contribution in [0.5, 0.6) is 0 Å². The van der Waals surface area contributed by atoms with Crippen LogP contribution in [0.3, 0.4) is 0 Å². The zero-order chi connectivity index (χ0) is 17.6. The Morgan fingerprint density at radius 3 is 2.96 bits per heavy atom. The van der Waals surface area contributed by atoms with Crippen molar-refractivity contribution in [3.63, 3.8) is 0 Å². The Labute approximate surface area is 149 Å². The summed E-state index contributed by atoms with van der Waals surface area (Å²) in [5.74, 6) is -0.983. The SMILES string of the molecule is N#Cc1c(NC(=O)COC(=O)Cn2cccn2)sc2c1CCCCC2. The first kappa shape index (κ1) is 17.2. The van der Waals surface area contributed by atoms with Gasteiger partial charge in [-0.1, -0.05) is 6.42 Å². The number of rotatable bonds is 5. The number of hydrogen-bond acceptors (Lipinski definition) is 6. The van der Waals surface area contributed by atoms with Crippen molar-refractivity contribution in [2.24, 2.45) is 0 Å². The molecule has 0 bridgehead atoms. The predicted molar refractivity (Wildman–Crippen MR) is 92.1 cm³/mol. The normalized spacial score (nSPS) is 13.4. The highest BCUT2D eigenvalue weighted by Crippen LogP contribution is 2.36. The number of nitriles is 1. The van der Waals surface area contributed by atoms with Crippen LogP contribution < -0.4 is 5.32 Å². The van der Waals surface area contributed by atoms with E-state index in [9.17, 15) is 14.9 Å². The van der Waals surface area contributed by atoms with Gasteiger partial charge in [0.05, 0.1) is 5.56 Å². The summed E-state index contributed by atoms with van der Waals surface area (Å²) in [6.07, 6.45) is 8.37. The van der Waals surface area contributed by atoms with E-state index in [2.05, 4.69) is 16.5 Å². The number of aromatic nitrogens is 2. The third-order valence-corrected chi connectivity index (χ3v) is 5.21. The molecule has 0 fully saturated rings. The van der Waals surface area contributed by atoms with Crippen molar-refractivity contribution in [1.82, 2.24) is 9.78 Å². The molecule has 2 heterocycles. The Morgan fingerprint density at radius 1 is 1.36 bits per heavy atom. The van der Waals surface area contributed by atoms with Crippen LogP contribution in [0.25, 0.3) is 0 Å². The number of anilines is 1. The molecule has 0 atom stereocenters. The van der Waals surface area contributed by atoms with E-state index in [0.717, 1.165) is 31.2 Å². The molecule has 1 N–H and O–H groups in total. The third kappa shape index (κ3) is 4.25. The number of ether oxygens (including phenoxy) is 1. The average Bonchev–Trinajstić information content (AvgIpc) is 3.14. The molecule has 0 unspecified atom stereocenters. The van der Waals surface area contributed by atoms with Crippen molar-refractivity contribution in [1.29, 1.82) is 5.26 Å². The summed E-state index contributed by atoms with van der Waals surface area (Å²) >= 11 is 1.46. The van der Waals surface area contributed by atoms with Crippen molar-refractivity contribution in [3.8, 4) is 6.07 Å². The Kier molecular flexibility index (Phi) is 5.46. The van der Waals surface area contributed by atoms with Gasteiger partial charge in [0.2, 0.25) is 0 Å². The van der Waals surface area contributed by atoms with Crippen LogP contribution in [0.1, 0.15) is 35.3 Å². The van der Waals surface area contributed by atoms with Gasteiger partial charge in [0.1, 0.15) is 17.6 Å². The molecule has 1 amide bonds. The van der Waals surface area contributed by atoms with Gasteiger partial charge in [-0.2, -0.15) is 10.4 Å². The quantitative estimate of drug-likeness (QED) is 0.653. The van der Waals surface area contributed by atoms with Crippen molar-refractivity contribution >= 4 is 28.2 Å². The smallest absolute Gasteiger partial charge is 0.328 e. The molecular weight excluding hydrogens is 340 g/mol. The lowest BCUT2D eigenvalue weighted by Crippen LogP contribution is -2.23. The topological polar surface area (TPSA) is 97.0 Å². The lowest BCUT2D eigenvalue weighted by atomic mass is 10.1. The van der Waals surface area contributed by atoms with E-state index >= 15 is 0 Å². The number of amides is 1. The molecule has 3 rings (SSSR count). The molecule has 8 heteroatoms. The minimum Gasteiger partial charge on any atom is -0.454 e. The highest BCUT2D eigenvalue weighted by atomic mass is 32.1. The van der Waals surface area contributed by atoms with Crippen LogP contribution in [0, 0.1) is 11.3 Å². The van der Waals surface area contributed by atoms with Gasteiger partial charge in [-0.25, -0.2) is 0 Å².